The molecule has 1 atom stereocenters. The maximum atomic E-state index is 9.34. The first-order chi connectivity index (χ1) is 10.2. The van der Waals surface area contributed by atoms with E-state index in [1.807, 2.05) is 0 Å². The lowest BCUT2D eigenvalue weighted by Gasteiger charge is -2.36. The van der Waals surface area contributed by atoms with E-state index in [4.69, 9.17) is 0 Å². The number of aliphatic hydroxyl groups is 1. The number of nitrogens with zero attached hydrogens (tertiary/aromatic N) is 1. The highest BCUT2D eigenvalue weighted by molar-refractivity contribution is 5.26. The van der Waals surface area contributed by atoms with E-state index in [-0.39, 0.29) is 12.0 Å². The second-order valence-electron chi connectivity index (χ2n) is 6.53. The SMILES string of the molecule is CCCNCC(C)(CN(CCO)C1CC1)c1ccccc1. The van der Waals surface area contributed by atoms with Gasteiger partial charge in [0.05, 0.1) is 6.61 Å². The summed E-state index contributed by atoms with van der Waals surface area (Å²) in [5.74, 6) is 0. The quantitative estimate of drug-likeness (QED) is 0.650. The Morgan fingerprint density at radius 2 is 2.00 bits per heavy atom. The molecule has 1 fully saturated rings. The van der Waals surface area contributed by atoms with Crippen LogP contribution in [0.25, 0.3) is 0 Å². The highest BCUT2D eigenvalue weighted by atomic mass is 16.3. The molecule has 0 amide bonds. The molecule has 3 nitrogen and oxygen atoms in total. The van der Waals surface area contributed by atoms with Crippen molar-refractivity contribution in [1.29, 1.82) is 0 Å². The van der Waals surface area contributed by atoms with Crippen LogP contribution in [0.4, 0.5) is 0 Å². The van der Waals surface area contributed by atoms with Gasteiger partial charge in [-0.1, -0.05) is 44.2 Å². The van der Waals surface area contributed by atoms with Gasteiger partial charge in [0.15, 0.2) is 0 Å². The molecule has 1 saturated carbocycles. The number of aliphatic hydroxyl groups excluding tert-OH is 1. The van der Waals surface area contributed by atoms with Crippen molar-refractivity contribution in [3.05, 3.63) is 35.9 Å². The lowest BCUT2D eigenvalue weighted by atomic mass is 9.81. The maximum absolute atomic E-state index is 9.34. The molecule has 0 aliphatic heterocycles. The van der Waals surface area contributed by atoms with Gasteiger partial charge in [-0.2, -0.15) is 0 Å². The van der Waals surface area contributed by atoms with E-state index in [2.05, 4.69) is 54.4 Å². The van der Waals surface area contributed by atoms with Crippen LogP contribution in [-0.4, -0.2) is 48.8 Å². The zero-order chi connectivity index (χ0) is 15.1. The van der Waals surface area contributed by atoms with Gasteiger partial charge >= 0.3 is 0 Å². The van der Waals surface area contributed by atoms with E-state index < -0.39 is 0 Å². The van der Waals surface area contributed by atoms with Crippen LogP contribution in [0.5, 0.6) is 0 Å². The van der Waals surface area contributed by atoms with Crippen molar-refractivity contribution in [3.63, 3.8) is 0 Å². The van der Waals surface area contributed by atoms with Crippen LogP contribution in [0.15, 0.2) is 30.3 Å². The summed E-state index contributed by atoms with van der Waals surface area (Å²) in [7, 11) is 0. The molecule has 0 bridgehead atoms. The molecule has 0 saturated heterocycles. The molecule has 0 heterocycles. The van der Waals surface area contributed by atoms with E-state index >= 15 is 0 Å². The summed E-state index contributed by atoms with van der Waals surface area (Å²) in [5.41, 5.74) is 1.48. The third-order valence-corrected chi connectivity index (χ3v) is 4.42. The van der Waals surface area contributed by atoms with Gasteiger partial charge in [-0.25, -0.2) is 0 Å². The monoisotopic (exact) mass is 290 g/mol. The normalized spacial score (nSPS) is 17.9. The molecule has 0 spiro atoms. The molecule has 1 aliphatic rings. The molecular formula is C18H30N2O. The van der Waals surface area contributed by atoms with Gasteiger partial charge in [0.25, 0.3) is 0 Å². The third-order valence-electron chi connectivity index (χ3n) is 4.42. The van der Waals surface area contributed by atoms with Crippen molar-refractivity contribution < 1.29 is 5.11 Å². The Morgan fingerprint density at radius 3 is 2.57 bits per heavy atom. The van der Waals surface area contributed by atoms with E-state index in [0.717, 1.165) is 32.6 Å². The molecular weight excluding hydrogens is 260 g/mol. The van der Waals surface area contributed by atoms with E-state index in [1.165, 1.54) is 18.4 Å². The summed E-state index contributed by atoms with van der Waals surface area (Å²) in [6.07, 6.45) is 3.73. The Hall–Kier alpha value is -0.900. The number of hydrogen-bond acceptors (Lipinski definition) is 3. The topological polar surface area (TPSA) is 35.5 Å². The zero-order valence-corrected chi connectivity index (χ0v) is 13.5. The summed E-state index contributed by atoms with van der Waals surface area (Å²) < 4.78 is 0. The van der Waals surface area contributed by atoms with E-state index in [9.17, 15) is 5.11 Å². The summed E-state index contributed by atoms with van der Waals surface area (Å²) in [4.78, 5) is 2.47. The van der Waals surface area contributed by atoms with Crippen molar-refractivity contribution >= 4 is 0 Å². The molecule has 0 aromatic heterocycles. The predicted octanol–water partition coefficient (Wildman–Crippen LogP) is 2.40. The zero-order valence-electron chi connectivity index (χ0n) is 13.5. The highest BCUT2D eigenvalue weighted by Crippen LogP contribution is 2.31. The minimum absolute atomic E-state index is 0.0915. The Balaban J connectivity index is 2.10. The summed E-state index contributed by atoms with van der Waals surface area (Å²) >= 11 is 0. The standard InChI is InChI=1S/C18H30N2O/c1-3-11-19-14-18(2,16-7-5-4-6-8-16)15-20(12-13-21)17-9-10-17/h4-8,17,19,21H,3,9-15H2,1-2H3. The number of benzene rings is 1. The first kappa shape index (κ1) is 16.5. The summed E-state index contributed by atoms with van der Waals surface area (Å²) in [6, 6.07) is 11.5. The fraction of sp³-hybridized carbons (Fsp3) is 0.667. The Morgan fingerprint density at radius 1 is 1.29 bits per heavy atom. The van der Waals surface area contributed by atoms with Gasteiger partial charge in [0.2, 0.25) is 0 Å². The average molecular weight is 290 g/mol. The van der Waals surface area contributed by atoms with Crippen molar-refractivity contribution in [1.82, 2.24) is 10.2 Å². The number of nitrogens with one attached hydrogen (secondary N) is 1. The van der Waals surface area contributed by atoms with Crippen LogP contribution in [0.3, 0.4) is 0 Å². The number of hydrogen-bond donors (Lipinski definition) is 2. The minimum atomic E-state index is 0.0915. The molecule has 1 aliphatic carbocycles. The fourth-order valence-electron chi connectivity index (χ4n) is 3.04. The molecule has 1 unspecified atom stereocenters. The minimum Gasteiger partial charge on any atom is -0.395 e. The van der Waals surface area contributed by atoms with Gasteiger partial charge in [0.1, 0.15) is 0 Å². The second-order valence-corrected chi connectivity index (χ2v) is 6.53. The van der Waals surface area contributed by atoms with Crippen molar-refractivity contribution in [2.75, 3.05) is 32.8 Å². The van der Waals surface area contributed by atoms with Crippen LogP contribution in [0, 0.1) is 0 Å². The Bertz CT molecular complexity index is 405. The number of rotatable bonds is 10. The smallest absolute Gasteiger partial charge is 0.0558 e. The van der Waals surface area contributed by atoms with Crippen LogP contribution in [-0.2, 0) is 5.41 Å². The van der Waals surface area contributed by atoms with Crippen LogP contribution in [0.2, 0.25) is 0 Å². The molecule has 1 aromatic rings. The van der Waals surface area contributed by atoms with Crippen LogP contribution >= 0.6 is 0 Å². The molecule has 2 rings (SSSR count). The van der Waals surface area contributed by atoms with Gasteiger partial charge in [-0.05, 0) is 31.4 Å². The molecule has 3 heteroatoms. The largest absolute Gasteiger partial charge is 0.395 e. The van der Waals surface area contributed by atoms with Crippen LogP contribution in [0.1, 0.15) is 38.7 Å². The van der Waals surface area contributed by atoms with Gasteiger partial charge in [-0.15, -0.1) is 0 Å². The molecule has 0 radical (unpaired) electrons. The first-order valence-electron chi connectivity index (χ1n) is 8.31. The van der Waals surface area contributed by atoms with E-state index in [1.54, 1.807) is 0 Å². The molecule has 21 heavy (non-hydrogen) atoms. The highest BCUT2D eigenvalue weighted by Gasteiger charge is 2.35. The van der Waals surface area contributed by atoms with Gasteiger partial charge in [0, 0.05) is 31.1 Å². The Labute approximate surface area is 129 Å². The average Bonchev–Trinajstić information content (AvgIpc) is 3.33. The Kier molecular flexibility index (Phi) is 6.22. The van der Waals surface area contributed by atoms with Crippen molar-refractivity contribution in [3.8, 4) is 0 Å². The lowest BCUT2D eigenvalue weighted by Crippen LogP contribution is -2.47. The second kappa shape index (κ2) is 7.92. The van der Waals surface area contributed by atoms with Gasteiger partial charge in [-0.3, -0.25) is 4.90 Å². The molecule has 1 aromatic carbocycles. The summed E-state index contributed by atoms with van der Waals surface area (Å²) in [6.45, 7) is 8.65. The predicted molar refractivity (Wildman–Crippen MR) is 88.6 cm³/mol. The molecule has 2 N–H and O–H groups in total. The van der Waals surface area contributed by atoms with Crippen molar-refractivity contribution in [2.45, 2.75) is 44.6 Å². The van der Waals surface area contributed by atoms with Crippen LogP contribution < -0.4 is 5.32 Å². The summed E-state index contributed by atoms with van der Waals surface area (Å²) in [5, 5.41) is 12.9. The lowest BCUT2D eigenvalue weighted by molar-refractivity contribution is 0.158. The fourth-order valence-corrected chi connectivity index (χ4v) is 3.04. The van der Waals surface area contributed by atoms with E-state index in [0.29, 0.717) is 6.04 Å². The molecule has 118 valence electrons. The van der Waals surface area contributed by atoms with Gasteiger partial charge < -0.3 is 10.4 Å². The maximum Gasteiger partial charge on any atom is 0.0558 e. The van der Waals surface area contributed by atoms with Crippen molar-refractivity contribution in [2.24, 2.45) is 0 Å². The first-order valence-corrected chi connectivity index (χ1v) is 8.31. The third kappa shape index (κ3) is 4.80.